The average Bonchev–Trinajstić information content (AvgIpc) is 2.47. The van der Waals surface area contributed by atoms with E-state index in [0.29, 0.717) is 16.8 Å². The Kier molecular flexibility index (Phi) is 4.45. The third-order valence-corrected chi connectivity index (χ3v) is 3.21. The van der Waals surface area contributed by atoms with Crippen LogP contribution in [0, 0.1) is 0 Å². The van der Waals surface area contributed by atoms with Crippen molar-refractivity contribution in [2.45, 2.75) is 6.61 Å². The van der Waals surface area contributed by atoms with Gasteiger partial charge in [-0.15, -0.1) is 0 Å². The molecule has 0 saturated carbocycles. The van der Waals surface area contributed by atoms with Crippen molar-refractivity contribution in [1.82, 2.24) is 0 Å². The fraction of sp³-hybridized carbons (Fsp3) is 0.0667. The second-order valence-electron chi connectivity index (χ2n) is 4.33. The van der Waals surface area contributed by atoms with Crippen molar-refractivity contribution in [3.05, 3.63) is 64.2 Å². The van der Waals surface area contributed by atoms with Gasteiger partial charge in [0.15, 0.2) is 0 Å². The van der Waals surface area contributed by atoms with E-state index in [-0.39, 0.29) is 17.2 Å². The highest BCUT2D eigenvalue weighted by atomic mass is 35.5. The molecule has 0 bridgehead atoms. The Morgan fingerprint density at radius 1 is 1.14 bits per heavy atom. The Bertz CT molecular complexity index is 701. The largest absolute Gasteiger partial charge is 0.457 e. The molecule has 5 nitrogen and oxygen atoms in total. The first-order chi connectivity index (χ1) is 9.99. The van der Waals surface area contributed by atoms with Crippen molar-refractivity contribution < 1.29 is 14.3 Å². The van der Waals surface area contributed by atoms with Gasteiger partial charge in [0.25, 0.3) is 0 Å². The van der Waals surface area contributed by atoms with Crippen molar-refractivity contribution in [2.75, 3.05) is 5.73 Å². The second-order valence-corrected chi connectivity index (χ2v) is 4.74. The number of hydrogen-bond donors (Lipinski definition) is 2. The van der Waals surface area contributed by atoms with Crippen LogP contribution in [0.3, 0.4) is 0 Å². The number of rotatable bonds is 4. The van der Waals surface area contributed by atoms with Gasteiger partial charge in [-0.05, 0) is 24.3 Å². The van der Waals surface area contributed by atoms with Crippen LogP contribution >= 0.6 is 11.6 Å². The molecule has 0 heterocycles. The highest BCUT2D eigenvalue weighted by Gasteiger charge is 2.12. The molecular formula is C15H13ClN2O3. The summed E-state index contributed by atoms with van der Waals surface area (Å²) in [4.78, 5) is 23.2. The molecule has 6 heteroatoms. The minimum atomic E-state index is -0.572. The summed E-state index contributed by atoms with van der Waals surface area (Å²) in [5.74, 6) is -1.13. The van der Waals surface area contributed by atoms with Gasteiger partial charge in [-0.3, -0.25) is 4.79 Å². The first kappa shape index (κ1) is 14.9. The number of carbonyl (C=O) groups is 2. The molecule has 4 N–H and O–H groups in total. The van der Waals surface area contributed by atoms with Gasteiger partial charge in [0.1, 0.15) is 6.61 Å². The quantitative estimate of drug-likeness (QED) is 0.669. The lowest BCUT2D eigenvalue weighted by atomic mass is 10.1. The summed E-state index contributed by atoms with van der Waals surface area (Å²) in [6.45, 7) is -0.0556. The molecule has 2 aromatic rings. The maximum Gasteiger partial charge on any atom is 0.338 e. The molecule has 0 fully saturated rings. The lowest BCUT2D eigenvalue weighted by molar-refractivity contribution is 0.0470. The van der Waals surface area contributed by atoms with Crippen LogP contribution in [0.15, 0.2) is 42.5 Å². The molecule has 108 valence electrons. The zero-order valence-electron chi connectivity index (χ0n) is 11.0. The molecule has 0 saturated heterocycles. The van der Waals surface area contributed by atoms with Crippen LogP contribution < -0.4 is 11.5 Å². The van der Waals surface area contributed by atoms with Crippen molar-refractivity contribution >= 4 is 29.2 Å². The smallest absolute Gasteiger partial charge is 0.338 e. The number of benzene rings is 2. The summed E-state index contributed by atoms with van der Waals surface area (Å²) >= 11 is 5.85. The molecule has 0 aliphatic rings. The Labute approximate surface area is 126 Å². The zero-order chi connectivity index (χ0) is 15.4. The number of hydrogen-bond acceptors (Lipinski definition) is 4. The summed E-state index contributed by atoms with van der Waals surface area (Å²) in [5.41, 5.74) is 12.4. The fourth-order valence-corrected chi connectivity index (χ4v) is 1.95. The summed E-state index contributed by atoms with van der Waals surface area (Å²) in [6, 6.07) is 11.1. The zero-order valence-corrected chi connectivity index (χ0v) is 11.8. The van der Waals surface area contributed by atoms with Gasteiger partial charge in [0.05, 0.1) is 16.3 Å². The van der Waals surface area contributed by atoms with Crippen LogP contribution in [0.2, 0.25) is 5.02 Å². The van der Waals surface area contributed by atoms with Crippen molar-refractivity contribution in [3.63, 3.8) is 0 Å². The van der Waals surface area contributed by atoms with Gasteiger partial charge in [-0.1, -0.05) is 29.8 Å². The number of amides is 1. The third-order valence-electron chi connectivity index (χ3n) is 2.88. The van der Waals surface area contributed by atoms with Crippen LogP contribution in [-0.4, -0.2) is 11.9 Å². The minimum absolute atomic E-state index is 0.0556. The predicted molar refractivity (Wildman–Crippen MR) is 79.9 cm³/mol. The first-order valence-corrected chi connectivity index (χ1v) is 6.46. The van der Waals surface area contributed by atoms with E-state index in [9.17, 15) is 9.59 Å². The number of nitrogens with two attached hydrogens (primary N) is 2. The van der Waals surface area contributed by atoms with E-state index in [1.54, 1.807) is 24.3 Å². The molecule has 0 aromatic heterocycles. The lowest BCUT2D eigenvalue weighted by Gasteiger charge is -2.08. The van der Waals surface area contributed by atoms with E-state index >= 15 is 0 Å². The van der Waals surface area contributed by atoms with E-state index in [1.807, 2.05) is 0 Å². The first-order valence-electron chi connectivity index (χ1n) is 6.09. The summed E-state index contributed by atoms with van der Waals surface area (Å²) in [5, 5.41) is 0.280. The highest BCUT2D eigenvalue weighted by molar-refractivity contribution is 6.33. The van der Waals surface area contributed by atoms with E-state index < -0.39 is 11.9 Å². The summed E-state index contributed by atoms with van der Waals surface area (Å²) in [6.07, 6.45) is 0. The van der Waals surface area contributed by atoms with Gasteiger partial charge in [-0.25, -0.2) is 4.79 Å². The van der Waals surface area contributed by atoms with E-state index in [4.69, 9.17) is 27.8 Å². The van der Waals surface area contributed by atoms with E-state index in [0.717, 1.165) is 0 Å². The number of carbonyl (C=O) groups excluding carboxylic acids is 2. The van der Waals surface area contributed by atoms with Gasteiger partial charge < -0.3 is 16.2 Å². The average molecular weight is 305 g/mol. The third kappa shape index (κ3) is 3.52. The van der Waals surface area contributed by atoms with E-state index in [2.05, 4.69) is 0 Å². The number of anilines is 1. The number of esters is 1. The number of nitrogen functional groups attached to an aromatic ring is 1. The summed E-state index contributed by atoms with van der Waals surface area (Å²) < 4.78 is 5.15. The van der Waals surface area contributed by atoms with Crippen LogP contribution in [0.4, 0.5) is 5.69 Å². The molecule has 0 aliphatic carbocycles. The van der Waals surface area contributed by atoms with Crippen LogP contribution in [0.25, 0.3) is 0 Å². The van der Waals surface area contributed by atoms with Crippen molar-refractivity contribution in [3.8, 4) is 0 Å². The monoisotopic (exact) mass is 304 g/mol. The molecule has 0 aliphatic heterocycles. The SMILES string of the molecule is NC(=O)c1ccccc1COC(=O)c1ccc(N)c(Cl)c1. The number of ether oxygens (including phenoxy) is 1. The molecule has 0 atom stereocenters. The van der Waals surface area contributed by atoms with Crippen molar-refractivity contribution in [1.29, 1.82) is 0 Å². The highest BCUT2D eigenvalue weighted by Crippen LogP contribution is 2.20. The van der Waals surface area contributed by atoms with Gasteiger partial charge in [-0.2, -0.15) is 0 Å². The number of primary amides is 1. The van der Waals surface area contributed by atoms with Crippen LogP contribution in [0.1, 0.15) is 26.3 Å². The second kappa shape index (κ2) is 6.28. The minimum Gasteiger partial charge on any atom is -0.457 e. The van der Waals surface area contributed by atoms with Gasteiger partial charge in [0, 0.05) is 11.1 Å². The molecular weight excluding hydrogens is 292 g/mol. The maximum atomic E-state index is 11.9. The molecule has 1 amide bonds. The Morgan fingerprint density at radius 3 is 2.52 bits per heavy atom. The van der Waals surface area contributed by atoms with Gasteiger partial charge in [0.2, 0.25) is 5.91 Å². The standard InChI is InChI=1S/C15H13ClN2O3/c16-12-7-9(5-6-13(12)17)15(20)21-8-10-3-1-2-4-11(10)14(18)19/h1-7H,8,17H2,(H2,18,19). The van der Waals surface area contributed by atoms with E-state index in [1.165, 1.54) is 18.2 Å². The fourth-order valence-electron chi connectivity index (χ4n) is 1.77. The van der Waals surface area contributed by atoms with Gasteiger partial charge >= 0.3 is 5.97 Å². The number of halogens is 1. The Hall–Kier alpha value is -2.53. The normalized spacial score (nSPS) is 10.1. The molecule has 2 aromatic carbocycles. The van der Waals surface area contributed by atoms with Crippen LogP contribution in [-0.2, 0) is 11.3 Å². The Balaban J connectivity index is 2.11. The summed E-state index contributed by atoms with van der Waals surface area (Å²) in [7, 11) is 0. The van der Waals surface area contributed by atoms with Crippen LogP contribution in [0.5, 0.6) is 0 Å². The maximum absolute atomic E-state index is 11.9. The molecule has 21 heavy (non-hydrogen) atoms. The Morgan fingerprint density at radius 2 is 1.86 bits per heavy atom. The molecule has 0 spiro atoms. The lowest BCUT2D eigenvalue weighted by Crippen LogP contribution is -2.15. The molecule has 0 unspecified atom stereocenters. The van der Waals surface area contributed by atoms with Crippen molar-refractivity contribution in [2.24, 2.45) is 5.73 Å². The molecule has 0 radical (unpaired) electrons. The topological polar surface area (TPSA) is 95.4 Å². The molecule has 2 rings (SSSR count). The predicted octanol–water partition coefficient (Wildman–Crippen LogP) is 2.38.